The van der Waals surface area contributed by atoms with E-state index in [2.05, 4.69) is 158 Å². The van der Waals surface area contributed by atoms with Gasteiger partial charge in [0.1, 0.15) is 5.82 Å². The fourth-order valence-corrected chi connectivity index (χ4v) is 7.95. The molecule has 1 heterocycles. The molecule has 8 rings (SSSR count). The minimum Gasteiger partial charge on any atom is -0.300 e. The fraction of sp³-hybridized carbons (Fsp3) is 0.186. The number of aromatic nitrogens is 2. The topological polar surface area (TPSA) is 17.8 Å². The highest BCUT2D eigenvalue weighted by Gasteiger charge is 2.37. The molecule has 0 fully saturated rings. The smallest absolute Gasteiger partial charge is 0.113 e. The van der Waals surface area contributed by atoms with Gasteiger partial charge in [-0.05, 0) is 75.9 Å². The van der Waals surface area contributed by atoms with Crippen LogP contribution in [0.3, 0.4) is 0 Å². The first-order valence-corrected chi connectivity index (χ1v) is 16.4. The Labute approximate surface area is 266 Å². The molecule has 0 saturated heterocycles. The first-order valence-electron chi connectivity index (χ1n) is 16.4. The number of rotatable bonds is 5. The minimum absolute atomic E-state index is 0.335. The van der Waals surface area contributed by atoms with Crippen molar-refractivity contribution in [3.05, 3.63) is 173 Å². The zero-order valence-corrected chi connectivity index (χ0v) is 26.0. The second-order valence-corrected chi connectivity index (χ2v) is 12.6. The normalized spacial score (nSPS) is 20.8. The average molecular weight is 583 g/mol. The van der Waals surface area contributed by atoms with Gasteiger partial charge in [-0.3, -0.25) is 0 Å². The van der Waals surface area contributed by atoms with Crippen molar-refractivity contribution in [2.24, 2.45) is 11.8 Å². The van der Waals surface area contributed by atoms with Gasteiger partial charge in [-0.1, -0.05) is 141 Å². The number of allylic oxidation sites excluding steroid dienone is 9. The molecule has 4 aromatic carbocycles. The molecular weight excluding hydrogens is 544 g/mol. The van der Waals surface area contributed by atoms with E-state index in [0.717, 1.165) is 30.6 Å². The number of nitrogens with zero attached hydrogens (tertiary/aromatic N) is 2. The molecule has 220 valence electrons. The molecule has 0 spiro atoms. The van der Waals surface area contributed by atoms with Crippen molar-refractivity contribution in [2.75, 3.05) is 0 Å². The summed E-state index contributed by atoms with van der Waals surface area (Å²) in [5, 5.41) is 0. The molecule has 45 heavy (non-hydrogen) atoms. The van der Waals surface area contributed by atoms with Crippen molar-refractivity contribution in [3.63, 3.8) is 0 Å². The molecule has 3 unspecified atom stereocenters. The zero-order valence-electron chi connectivity index (χ0n) is 26.0. The van der Waals surface area contributed by atoms with Crippen molar-refractivity contribution in [1.29, 1.82) is 0 Å². The van der Waals surface area contributed by atoms with Crippen LogP contribution >= 0.6 is 0 Å². The molecule has 0 saturated carbocycles. The van der Waals surface area contributed by atoms with Crippen molar-refractivity contribution in [2.45, 2.75) is 39.0 Å². The van der Waals surface area contributed by atoms with Gasteiger partial charge in [-0.2, -0.15) is 0 Å². The number of fused-ring (bicyclic) bond motifs is 3. The van der Waals surface area contributed by atoms with Crippen LogP contribution in [-0.4, -0.2) is 9.55 Å². The van der Waals surface area contributed by atoms with Gasteiger partial charge in [0, 0.05) is 24.0 Å². The molecule has 2 heteroatoms. The predicted octanol–water partition coefficient (Wildman–Crippen LogP) is 10.8. The maximum Gasteiger partial charge on any atom is 0.113 e. The van der Waals surface area contributed by atoms with Gasteiger partial charge in [0.05, 0.1) is 11.0 Å². The third-order valence-electron chi connectivity index (χ3n) is 10.1. The maximum absolute atomic E-state index is 4.96. The molecule has 0 N–H and O–H groups in total. The Hall–Kier alpha value is -4.95. The first kappa shape index (κ1) is 27.6. The summed E-state index contributed by atoms with van der Waals surface area (Å²) in [5.41, 5.74) is 14.6. The van der Waals surface area contributed by atoms with Gasteiger partial charge in [0.15, 0.2) is 0 Å². The Morgan fingerprint density at radius 2 is 1.47 bits per heavy atom. The van der Waals surface area contributed by atoms with Crippen LogP contribution in [-0.2, 0) is 6.42 Å². The number of imidazole rings is 1. The monoisotopic (exact) mass is 582 g/mol. The predicted molar refractivity (Wildman–Crippen MR) is 189 cm³/mol. The van der Waals surface area contributed by atoms with Gasteiger partial charge in [-0.15, -0.1) is 0 Å². The van der Waals surface area contributed by atoms with Gasteiger partial charge >= 0.3 is 0 Å². The SMILES string of the molecule is CCc1nc2ccccc2n1C1=CC=C(C2c3ccccc3C(c3ccc(-c4ccccc4)cc3)=C3C=CC=CC3C2C)CC1. The van der Waals surface area contributed by atoms with Gasteiger partial charge in [-0.25, -0.2) is 4.98 Å². The lowest BCUT2D eigenvalue weighted by atomic mass is 9.71. The van der Waals surface area contributed by atoms with Gasteiger partial charge < -0.3 is 4.57 Å². The summed E-state index contributed by atoms with van der Waals surface area (Å²) in [7, 11) is 0. The lowest BCUT2D eigenvalue weighted by Gasteiger charge is -2.33. The number of benzene rings is 4. The Bertz CT molecular complexity index is 2050. The lowest BCUT2D eigenvalue weighted by Crippen LogP contribution is -2.22. The van der Waals surface area contributed by atoms with E-state index in [1.807, 2.05) is 0 Å². The highest BCUT2D eigenvalue weighted by molar-refractivity contribution is 5.88. The van der Waals surface area contributed by atoms with E-state index in [9.17, 15) is 0 Å². The van der Waals surface area contributed by atoms with E-state index >= 15 is 0 Å². The quantitative estimate of drug-likeness (QED) is 0.202. The molecule has 3 aliphatic rings. The van der Waals surface area contributed by atoms with Crippen LogP contribution in [0.25, 0.3) is 33.4 Å². The Morgan fingerprint density at radius 3 is 2.27 bits per heavy atom. The van der Waals surface area contributed by atoms with Crippen LogP contribution in [0, 0.1) is 11.8 Å². The van der Waals surface area contributed by atoms with Crippen LogP contribution in [0.4, 0.5) is 0 Å². The molecule has 1 aromatic heterocycles. The molecule has 0 bridgehead atoms. The Kier molecular flexibility index (Phi) is 7.06. The van der Waals surface area contributed by atoms with Crippen LogP contribution < -0.4 is 0 Å². The highest BCUT2D eigenvalue weighted by atomic mass is 15.1. The Balaban J connectivity index is 1.23. The molecular formula is C43H38N2. The van der Waals surface area contributed by atoms with Crippen LogP contribution in [0.1, 0.15) is 55.1 Å². The van der Waals surface area contributed by atoms with Crippen LogP contribution in [0.5, 0.6) is 0 Å². The van der Waals surface area contributed by atoms with E-state index in [0.29, 0.717) is 17.8 Å². The number of hydrogen-bond donors (Lipinski definition) is 0. The highest BCUT2D eigenvalue weighted by Crippen LogP contribution is 2.51. The van der Waals surface area contributed by atoms with Crippen molar-refractivity contribution in [1.82, 2.24) is 9.55 Å². The Morgan fingerprint density at radius 1 is 0.733 bits per heavy atom. The molecule has 0 aliphatic heterocycles. The molecule has 3 aliphatic carbocycles. The molecule has 3 atom stereocenters. The van der Waals surface area contributed by atoms with Gasteiger partial charge in [0.2, 0.25) is 0 Å². The van der Waals surface area contributed by atoms with E-state index < -0.39 is 0 Å². The van der Waals surface area contributed by atoms with Gasteiger partial charge in [0.25, 0.3) is 0 Å². The van der Waals surface area contributed by atoms with Crippen LogP contribution in [0.15, 0.2) is 151 Å². The van der Waals surface area contributed by atoms with Crippen molar-refractivity contribution in [3.8, 4) is 11.1 Å². The summed E-state index contributed by atoms with van der Waals surface area (Å²) >= 11 is 0. The number of aryl methyl sites for hydroxylation is 1. The fourth-order valence-electron chi connectivity index (χ4n) is 7.95. The minimum atomic E-state index is 0.335. The maximum atomic E-state index is 4.96. The molecule has 0 radical (unpaired) electrons. The summed E-state index contributed by atoms with van der Waals surface area (Å²) < 4.78 is 2.40. The summed E-state index contributed by atoms with van der Waals surface area (Å²) in [6.45, 7) is 4.67. The van der Waals surface area contributed by atoms with E-state index in [-0.39, 0.29) is 0 Å². The van der Waals surface area contributed by atoms with E-state index in [1.54, 1.807) is 0 Å². The second kappa shape index (κ2) is 11.5. The zero-order chi connectivity index (χ0) is 30.3. The summed E-state index contributed by atoms with van der Waals surface area (Å²) in [6, 6.07) is 37.6. The molecule has 5 aromatic rings. The van der Waals surface area contributed by atoms with E-state index in [1.165, 1.54) is 55.8 Å². The summed E-state index contributed by atoms with van der Waals surface area (Å²) in [4.78, 5) is 4.96. The van der Waals surface area contributed by atoms with Crippen LogP contribution in [0.2, 0.25) is 0 Å². The largest absolute Gasteiger partial charge is 0.300 e. The lowest BCUT2D eigenvalue weighted by molar-refractivity contribution is 0.424. The summed E-state index contributed by atoms with van der Waals surface area (Å²) in [5.74, 6) is 2.24. The third-order valence-corrected chi connectivity index (χ3v) is 10.1. The standard InChI is InChI=1S/C43H38N2/c1-3-41-44-39-19-11-12-20-40(39)45(41)34-27-25-32(26-28-34)42-29(2)35-15-7-8-16-36(35)43(38-18-10-9-17-37(38)42)33-23-21-31(22-24-33)30-13-5-4-6-14-30/h4-25,27,29,35,42H,3,26,28H2,1-2H3. The number of hydrogen-bond acceptors (Lipinski definition) is 1. The van der Waals surface area contributed by atoms with E-state index in [4.69, 9.17) is 4.98 Å². The third kappa shape index (κ3) is 4.77. The molecule has 2 nitrogen and oxygen atoms in total. The summed E-state index contributed by atoms with van der Waals surface area (Å²) in [6.07, 6.45) is 17.1. The average Bonchev–Trinajstić information content (AvgIpc) is 3.44. The first-order chi connectivity index (χ1) is 22.2. The van der Waals surface area contributed by atoms with Crippen molar-refractivity contribution >= 4 is 22.3 Å². The number of para-hydroxylation sites is 2. The van der Waals surface area contributed by atoms with Crippen molar-refractivity contribution < 1.29 is 0 Å². The molecule has 0 amide bonds. The second-order valence-electron chi connectivity index (χ2n) is 12.6.